The molecular weight excluding hydrogens is 409 g/mol. The molecule has 7 heteroatoms. The van der Waals surface area contributed by atoms with Crippen molar-refractivity contribution >= 4 is 28.4 Å². The molecule has 168 valence electrons. The summed E-state index contributed by atoms with van der Waals surface area (Å²) >= 11 is 1.80. The lowest BCUT2D eigenvalue weighted by atomic mass is 9.99. The number of nitrogens with one attached hydrogen (secondary N) is 1. The topological polar surface area (TPSA) is 38.4 Å². The van der Waals surface area contributed by atoms with Crippen molar-refractivity contribution in [3.05, 3.63) is 60.0 Å². The fraction of sp³-hybridized carbons (Fsp3) is 0.458. The number of hydrogen-bond acceptors (Lipinski definition) is 5. The number of allylic oxidation sites excluding steroid dienone is 3. The molecule has 31 heavy (non-hydrogen) atoms. The Morgan fingerprint density at radius 2 is 2.03 bits per heavy atom. The van der Waals surface area contributed by atoms with E-state index in [1.807, 2.05) is 19.1 Å². The van der Waals surface area contributed by atoms with Crippen LogP contribution in [0, 0.1) is 11.7 Å². The predicted octanol–water partition coefficient (Wildman–Crippen LogP) is 5.12. The maximum atomic E-state index is 14.5. The highest BCUT2D eigenvalue weighted by Gasteiger charge is 2.21. The van der Waals surface area contributed by atoms with Crippen LogP contribution in [0.15, 0.2) is 42.9 Å². The van der Waals surface area contributed by atoms with Gasteiger partial charge in [-0.15, -0.1) is 0 Å². The molecule has 0 bridgehead atoms. The fourth-order valence-corrected chi connectivity index (χ4v) is 4.49. The van der Waals surface area contributed by atoms with Gasteiger partial charge in [0, 0.05) is 44.8 Å². The second kappa shape index (κ2) is 10.4. The number of benzene rings is 1. The van der Waals surface area contributed by atoms with Crippen molar-refractivity contribution in [3.8, 4) is 0 Å². The number of H-pyrrole nitrogens is 1. The van der Waals surface area contributed by atoms with Gasteiger partial charge < -0.3 is 9.80 Å². The third-order valence-electron chi connectivity index (χ3n) is 5.52. The zero-order chi connectivity index (χ0) is 22.5. The lowest BCUT2D eigenvalue weighted by Crippen LogP contribution is -2.45. The smallest absolute Gasteiger partial charge is 0.128 e. The molecule has 1 fully saturated rings. The van der Waals surface area contributed by atoms with E-state index in [-0.39, 0.29) is 5.82 Å². The van der Waals surface area contributed by atoms with E-state index in [0.29, 0.717) is 17.9 Å². The first kappa shape index (κ1) is 23.4. The van der Waals surface area contributed by atoms with Crippen LogP contribution in [0.5, 0.6) is 0 Å². The Morgan fingerprint density at radius 3 is 2.65 bits per heavy atom. The quantitative estimate of drug-likeness (QED) is 0.453. The van der Waals surface area contributed by atoms with Crippen LogP contribution < -0.4 is 0 Å². The van der Waals surface area contributed by atoms with E-state index in [1.165, 1.54) is 0 Å². The summed E-state index contributed by atoms with van der Waals surface area (Å²) in [6.07, 6.45) is 9.00. The van der Waals surface area contributed by atoms with Gasteiger partial charge in [0.05, 0.1) is 11.2 Å². The van der Waals surface area contributed by atoms with Crippen molar-refractivity contribution in [2.75, 3.05) is 39.5 Å². The van der Waals surface area contributed by atoms with E-state index >= 15 is 0 Å². The van der Waals surface area contributed by atoms with E-state index in [4.69, 9.17) is 0 Å². The molecular formula is C24H34FN5S. The second-order valence-electron chi connectivity index (χ2n) is 8.38. The van der Waals surface area contributed by atoms with Crippen molar-refractivity contribution in [2.24, 2.45) is 5.92 Å². The molecule has 2 aromatic rings. The summed E-state index contributed by atoms with van der Waals surface area (Å²) in [5.74, 6) is 1.29. The molecule has 1 aromatic carbocycles. The zero-order valence-electron chi connectivity index (χ0n) is 19.3. The van der Waals surface area contributed by atoms with Gasteiger partial charge in [-0.1, -0.05) is 38.5 Å². The molecule has 3 rings (SSSR count). The van der Waals surface area contributed by atoms with Crippen LogP contribution in [0.25, 0.3) is 16.5 Å². The van der Waals surface area contributed by atoms with Crippen LogP contribution in [0.4, 0.5) is 4.39 Å². The average Bonchev–Trinajstić information content (AvgIpc) is 3.14. The second-order valence-corrected chi connectivity index (χ2v) is 9.26. The van der Waals surface area contributed by atoms with Gasteiger partial charge in [0.15, 0.2) is 0 Å². The molecule has 0 amide bonds. The van der Waals surface area contributed by atoms with E-state index in [9.17, 15) is 4.39 Å². The van der Waals surface area contributed by atoms with Gasteiger partial charge in [-0.05, 0) is 54.9 Å². The van der Waals surface area contributed by atoms with E-state index in [2.05, 4.69) is 70.3 Å². The number of halogens is 1. The van der Waals surface area contributed by atoms with E-state index in [1.54, 1.807) is 18.0 Å². The Bertz CT molecular complexity index is 970. The monoisotopic (exact) mass is 443 g/mol. The number of piperazine rings is 1. The molecule has 0 atom stereocenters. The Morgan fingerprint density at radius 1 is 1.32 bits per heavy atom. The first-order valence-corrected chi connectivity index (χ1v) is 12.0. The largest absolute Gasteiger partial charge is 0.355 e. The maximum absolute atomic E-state index is 14.5. The summed E-state index contributed by atoms with van der Waals surface area (Å²) in [6.45, 7) is 14.5. The number of hydrogen-bond donors (Lipinski definition) is 1. The zero-order valence-corrected chi connectivity index (χ0v) is 20.1. The number of nitrogens with zero attached hydrogens (tertiary/aromatic N) is 4. The molecule has 0 unspecified atom stereocenters. The molecule has 5 nitrogen and oxygen atoms in total. The van der Waals surface area contributed by atoms with Gasteiger partial charge in [0.2, 0.25) is 0 Å². The van der Waals surface area contributed by atoms with Gasteiger partial charge in [0.25, 0.3) is 0 Å². The highest BCUT2D eigenvalue weighted by atomic mass is 32.2. The molecule has 0 radical (unpaired) electrons. The SMILES string of the molecule is C=C(/C=C(\N(C)/C=C/C)N1CCN(SC)CC1)c1n[nH]c2cc(F)c(CC(C)C)cc12. The molecule has 0 aliphatic carbocycles. The standard InChI is InChI=1S/C24H34FN5S/c1-7-8-28(5)23(29-9-11-30(31-6)12-10-29)14-18(4)24-20-15-19(13-17(2)3)21(25)16-22(20)26-27-24/h7-8,14-17H,4,9-13H2,1-3,5-6H3,(H,26,27)/b8-7+,23-14+. The summed E-state index contributed by atoms with van der Waals surface area (Å²) in [7, 11) is 2.05. The van der Waals surface area contributed by atoms with Crippen LogP contribution in [0.1, 0.15) is 32.0 Å². The lowest BCUT2D eigenvalue weighted by Gasteiger charge is -2.38. The van der Waals surface area contributed by atoms with E-state index in [0.717, 1.165) is 54.2 Å². The fourth-order valence-electron chi connectivity index (χ4n) is 3.96. The predicted molar refractivity (Wildman–Crippen MR) is 131 cm³/mol. The normalized spacial score (nSPS) is 16.1. The molecule has 2 heterocycles. The van der Waals surface area contributed by atoms with Crippen LogP contribution in [-0.4, -0.2) is 63.8 Å². The third kappa shape index (κ3) is 5.52. The van der Waals surface area contributed by atoms with Crippen LogP contribution in [0.3, 0.4) is 0 Å². The van der Waals surface area contributed by atoms with Crippen molar-refractivity contribution in [1.29, 1.82) is 0 Å². The molecule has 0 saturated carbocycles. The number of aromatic nitrogens is 2. The summed E-state index contributed by atoms with van der Waals surface area (Å²) < 4.78 is 16.9. The number of fused-ring (bicyclic) bond motifs is 1. The van der Waals surface area contributed by atoms with Gasteiger partial charge >= 0.3 is 0 Å². The number of rotatable bonds is 8. The molecule has 1 saturated heterocycles. The van der Waals surface area contributed by atoms with Crippen molar-refractivity contribution in [2.45, 2.75) is 27.2 Å². The Labute approximate surface area is 189 Å². The molecule has 1 aliphatic heterocycles. The molecule has 1 aromatic heterocycles. The van der Waals surface area contributed by atoms with Crippen molar-refractivity contribution < 1.29 is 4.39 Å². The van der Waals surface area contributed by atoms with Gasteiger partial charge in [-0.3, -0.25) is 5.10 Å². The molecule has 1 aliphatic rings. The lowest BCUT2D eigenvalue weighted by molar-refractivity contribution is 0.201. The Kier molecular flexibility index (Phi) is 7.84. The first-order chi connectivity index (χ1) is 14.8. The maximum Gasteiger partial charge on any atom is 0.128 e. The highest BCUT2D eigenvalue weighted by Crippen LogP contribution is 2.28. The van der Waals surface area contributed by atoms with Crippen molar-refractivity contribution in [3.63, 3.8) is 0 Å². The minimum atomic E-state index is -0.183. The Hall–Kier alpha value is -2.25. The molecule has 0 spiro atoms. The van der Waals surface area contributed by atoms with Crippen molar-refractivity contribution in [1.82, 2.24) is 24.3 Å². The van der Waals surface area contributed by atoms with Crippen LogP contribution >= 0.6 is 11.9 Å². The Balaban J connectivity index is 1.95. The number of aromatic amines is 1. The van der Waals surface area contributed by atoms with Crippen LogP contribution in [-0.2, 0) is 6.42 Å². The van der Waals surface area contributed by atoms with Gasteiger partial charge in [0.1, 0.15) is 11.6 Å². The summed E-state index contributed by atoms with van der Waals surface area (Å²) in [4.78, 5) is 4.51. The van der Waals surface area contributed by atoms with Crippen LogP contribution in [0.2, 0.25) is 0 Å². The van der Waals surface area contributed by atoms with E-state index < -0.39 is 0 Å². The minimum Gasteiger partial charge on any atom is -0.355 e. The van der Waals surface area contributed by atoms with Gasteiger partial charge in [-0.2, -0.15) is 5.10 Å². The summed E-state index contributed by atoms with van der Waals surface area (Å²) in [5, 5.41) is 8.38. The summed E-state index contributed by atoms with van der Waals surface area (Å²) in [5.41, 5.74) is 3.01. The van der Waals surface area contributed by atoms with Gasteiger partial charge in [-0.25, -0.2) is 8.70 Å². The third-order valence-corrected chi connectivity index (χ3v) is 6.40. The minimum absolute atomic E-state index is 0.183. The average molecular weight is 444 g/mol. The highest BCUT2D eigenvalue weighted by molar-refractivity contribution is 7.96. The first-order valence-electron chi connectivity index (χ1n) is 10.8. The summed E-state index contributed by atoms with van der Waals surface area (Å²) in [6, 6.07) is 3.48. The molecule has 1 N–H and O–H groups in total.